The second-order valence-corrected chi connectivity index (χ2v) is 9.33. The number of hydrogen-bond donors (Lipinski definition) is 1. The van der Waals surface area contributed by atoms with Crippen LogP contribution in [0.3, 0.4) is 0 Å². The predicted octanol–water partition coefficient (Wildman–Crippen LogP) is 5.13. The lowest BCUT2D eigenvalue weighted by Gasteiger charge is -2.36. The van der Waals surface area contributed by atoms with Crippen LogP contribution in [-0.2, 0) is 16.8 Å². The number of nitrogens with one attached hydrogen (secondary N) is 1. The van der Waals surface area contributed by atoms with E-state index in [1.54, 1.807) is 22.8 Å². The fraction of sp³-hybridized carbons (Fsp3) is 0.435. The van der Waals surface area contributed by atoms with Crippen molar-refractivity contribution in [2.75, 3.05) is 5.32 Å². The van der Waals surface area contributed by atoms with Gasteiger partial charge in [-0.25, -0.2) is 14.2 Å². The van der Waals surface area contributed by atoms with Crippen molar-refractivity contribution in [1.82, 2.24) is 19.5 Å². The Morgan fingerprint density at radius 1 is 1.16 bits per heavy atom. The third-order valence-electron chi connectivity index (χ3n) is 6.06. The molecule has 1 N–H and O–H groups in total. The van der Waals surface area contributed by atoms with Crippen molar-refractivity contribution in [2.24, 2.45) is 0 Å². The Bertz CT molecular complexity index is 1140. The summed E-state index contributed by atoms with van der Waals surface area (Å²) in [7, 11) is 0. The molecule has 2 aromatic heterocycles. The topological polar surface area (TPSA) is 71.8 Å². The minimum absolute atomic E-state index is 0.296. The zero-order valence-corrected chi connectivity index (χ0v) is 18.0. The molecule has 1 amide bonds. The van der Waals surface area contributed by atoms with Crippen molar-refractivity contribution in [1.29, 1.82) is 0 Å². The van der Waals surface area contributed by atoms with Crippen molar-refractivity contribution in [2.45, 2.75) is 64.1 Å². The third kappa shape index (κ3) is 3.30. The summed E-state index contributed by atoms with van der Waals surface area (Å²) in [6.45, 7) is 6.02. The third-order valence-corrected chi connectivity index (χ3v) is 6.06. The molecule has 1 spiro atoms. The first-order chi connectivity index (χ1) is 14.8. The highest BCUT2D eigenvalue weighted by atomic mass is 19.1. The Kier molecular flexibility index (Phi) is 4.42. The molecular formula is C23H26FN5O2. The maximum atomic E-state index is 13.4. The normalized spacial score (nSPS) is 17.4. The number of carbonyl (C=O) groups is 1. The Hall–Kier alpha value is -3.16. The molecule has 1 aliphatic carbocycles. The van der Waals surface area contributed by atoms with E-state index in [2.05, 4.69) is 10.4 Å². The van der Waals surface area contributed by atoms with Gasteiger partial charge >= 0.3 is 6.09 Å². The van der Waals surface area contributed by atoms with Crippen molar-refractivity contribution in [3.63, 3.8) is 0 Å². The second-order valence-electron chi connectivity index (χ2n) is 9.33. The molecule has 1 saturated carbocycles. The second kappa shape index (κ2) is 6.93. The number of amides is 1. The molecule has 0 bridgehead atoms. The summed E-state index contributed by atoms with van der Waals surface area (Å²) in [6, 6.07) is 8.05. The number of carbonyl (C=O) groups excluding carboxylic acids is 1. The Morgan fingerprint density at radius 3 is 2.55 bits per heavy atom. The van der Waals surface area contributed by atoms with Gasteiger partial charge in [-0.2, -0.15) is 9.61 Å². The van der Waals surface area contributed by atoms with Gasteiger partial charge in [0.15, 0.2) is 5.65 Å². The highest BCUT2D eigenvalue weighted by Gasteiger charge is 2.53. The van der Waals surface area contributed by atoms with E-state index in [4.69, 9.17) is 9.72 Å². The van der Waals surface area contributed by atoms with Gasteiger partial charge in [-0.05, 0) is 57.9 Å². The molecule has 8 heteroatoms. The highest BCUT2D eigenvalue weighted by Crippen LogP contribution is 2.51. The molecule has 0 atom stereocenters. The first-order valence-corrected chi connectivity index (χ1v) is 10.7. The molecule has 162 valence electrons. The lowest BCUT2D eigenvalue weighted by molar-refractivity contribution is -0.00117. The van der Waals surface area contributed by atoms with Gasteiger partial charge in [0.05, 0.1) is 24.0 Å². The van der Waals surface area contributed by atoms with Crippen molar-refractivity contribution >= 4 is 23.2 Å². The quantitative estimate of drug-likeness (QED) is 0.619. The van der Waals surface area contributed by atoms with Crippen LogP contribution in [-0.4, -0.2) is 31.2 Å². The first kappa shape index (κ1) is 19.8. The first-order valence-electron chi connectivity index (χ1n) is 10.7. The maximum Gasteiger partial charge on any atom is 0.411 e. The summed E-state index contributed by atoms with van der Waals surface area (Å²) >= 11 is 0. The standard InChI is InChI=1S/C23H26FN5O2/c1-22(2,3)31-21(30)28-14-17-19(23(28)11-4-5-12-23)27-18-10-13-25-29(18)20(17)26-16-8-6-15(24)7-9-16/h6-10,13,26H,4-5,11-12,14H2,1-3H3. The molecule has 1 aliphatic heterocycles. The maximum absolute atomic E-state index is 13.4. The van der Waals surface area contributed by atoms with Gasteiger partial charge in [-0.1, -0.05) is 12.8 Å². The molecule has 0 radical (unpaired) electrons. The van der Waals surface area contributed by atoms with Crippen molar-refractivity contribution in [3.8, 4) is 0 Å². The zero-order chi connectivity index (χ0) is 21.8. The van der Waals surface area contributed by atoms with Crippen molar-refractivity contribution < 1.29 is 13.9 Å². The van der Waals surface area contributed by atoms with Gasteiger partial charge in [0.25, 0.3) is 0 Å². The van der Waals surface area contributed by atoms with Crippen LogP contribution < -0.4 is 5.32 Å². The van der Waals surface area contributed by atoms with E-state index in [0.29, 0.717) is 12.2 Å². The molecular weight excluding hydrogens is 397 g/mol. The van der Waals surface area contributed by atoms with Crippen LogP contribution in [0.1, 0.15) is 57.7 Å². The largest absolute Gasteiger partial charge is 0.444 e. The monoisotopic (exact) mass is 423 g/mol. The van der Waals surface area contributed by atoms with E-state index in [9.17, 15) is 9.18 Å². The summed E-state index contributed by atoms with van der Waals surface area (Å²) in [4.78, 5) is 20.0. The Balaban J connectivity index is 1.63. The fourth-order valence-electron chi connectivity index (χ4n) is 4.77. The summed E-state index contributed by atoms with van der Waals surface area (Å²) in [5.74, 6) is 0.449. The molecule has 31 heavy (non-hydrogen) atoms. The highest BCUT2D eigenvalue weighted by molar-refractivity contribution is 5.74. The molecule has 5 rings (SSSR count). The van der Waals surface area contributed by atoms with Gasteiger partial charge in [-0.3, -0.25) is 4.90 Å². The summed E-state index contributed by atoms with van der Waals surface area (Å²) in [5, 5.41) is 7.83. The van der Waals surface area contributed by atoms with E-state index in [0.717, 1.165) is 48.4 Å². The lowest BCUT2D eigenvalue weighted by Crippen LogP contribution is -2.45. The summed E-state index contributed by atoms with van der Waals surface area (Å²) in [6.07, 6.45) is 5.16. The molecule has 3 heterocycles. The van der Waals surface area contributed by atoms with Gasteiger partial charge in [-0.15, -0.1) is 0 Å². The van der Waals surface area contributed by atoms with E-state index < -0.39 is 11.1 Å². The molecule has 3 aromatic rings. The van der Waals surface area contributed by atoms with Crippen LogP contribution in [0, 0.1) is 5.82 Å². The van der Waals surface area contributed by atoms with E-state index in [1.807, 2.05) is 31.7 Å². The Labute approximate surface area is 180 Å². The Morgan fingerprint density at radius 2 is 1.87 bits per heavy atom. The van der Waals surface area contributed by atoms with Crippen LogP contribution in [0.15, 0.2) is 36.5 Å². The van der Waals surface area contributed by atoms with Gasteiger partial charge in [0.1, 0.15) is 17.2 Å². The number of hydrogen-bond acceptors (Lipinski definition) is 5. The molecule has 1 aromatic carbocycles. The SMILES string of the molecule is CC(C)(C)OC(=O)N1Cc2c(nc3ccnn3c2Nc2ccc(F)cc2)C12CCCC2. The zero-order valence-electron chi connectivity index (χ0n) is 18.0. The van der Waals surface area contributed by atoms with Crippen LogP contribution in [0.25, 0.3) is 5.65 Å². The van der Waals surface area contributed by atoms with E-state index >= 15 is 0 Å². The average Bonchev–Trinajstić information content (AvgIpc) is 3.43. The lowest BCUT2D eigenvalue weighted by atomic mass is 9.92. The molecule has 7 nitrogen and oxygen atoms in total. The predicted molar refractivity (Wildman–Crippen MR) is 115 cm³/mol. The van der Waals surface area contributed by atoms with Gasteiger partial charge < -0.3 is 10.1 Å². The van der Waals surface area contributed by atoms with Crippen LogP contribution in [0.4, 0.5) is 20.7 Å². The molecule has 0 unspecified atom stereocenters. The molecule has 1 fully saturated rings. The number of aromatic nitrogens is 3. The number of benzene rings is 1. The number of anilines is 2. The molecule has 2 aliphatic rings. The van der Waals surface area contributed by atoms with Crippen LogP contribution >= 0.6 is 0 Å². The van der Waals surface area contributed by atoms with E-state index in [-0.39, 0.29) is 11.9 Å². The summed E-state index contributed by atoms with van der Waals surface area (Å²) < 4.78 is 20.9. The van der Waals surface area contributed by atoms with E-state index in [1.165, 1.54) is 12.1 Å². The minimum atomic E-state index is -0.581. The number of nitrogens with zero attached hydrogens (tertiary/aromatic N) is 4. The number of rotatable bonds is 2. The van der Waals surface area contributed by atoms with Crippen LogP contribution in [0.5, 0.6) is 0 Å². The minimum Gasteiger partial charge on any atom is -0.444 e. The number of fused-ring (bicyclic) bond motifs is 3. The average molecular weight is 423 g/mol. The van der Waals surface area contributed by atoms with Crippen molar-refractivity contribution in [3.05, 3.63) is 53.6 Å². The van der Waals surface area contributed by atoms with Crippen LogP contribution in [0.2, 0.25) is 0 Å². The number of halogens is 1. The smallest absolute Gasteiger partial charge is 0.411 e. The number of ether oxygens (including phenoxy) is 1. The van der Waals surface area contributed by atoms with Gasteiger partial charge in [0, 0.05) is 17.3 Å². The molecule has 0 saturated heterocycles. The van der Waals surface area contributed by atoms with Gasteiger partial charge in [0.2, 0.25) is 0 Å². The fourth-order valence-corrected chi connectivity index (χ4v) is 4.77. The summed E-state index contributed by atoms with van der Waals surface area (Å²) in [5.41, 5.74) is 2.23.